The number of ether oxygens (including phenoxy) is 3. The molecule has 0 aliphatic rings. The molecule has 6 aromatic heterocycles. The van der Waals surface area contributed by atoms with Crippen LogP contribution in [0.15, 0.2) is 222 Å². The van der Waals surface area contributed by atoms with E-state index < -0.39 is 17.2 Å². The van der Waals surface area contributed by atoms with Gasteiger partial charge < -0.3 is 30.4 Å². The fourth-order valence-electron chi connectivity index (χ4n) is 7.63. The third-order valence-electron chi connectivity index (χ3n) is 11.9. The molecule has 6 heterocycles. The molecule has 1 radical (unpaired) electrons. The van der Waals surface area contributed by atoms with Gasteiger partial charge in [-0.05, 0) is 189 Å². The molecule has 4 N–H and O–H groups in total. The molecule has 18 nitrogen and oxygen atoms in total. The van der Waals surface area contributed by atoms with Crippen molar-refractivity contribution in [1.29, 1.82) is 0 Å². The fraction of sp³-hybridized carbons (Fsp3) is 0.119. The number of carbonyl (C=O) groups excluding carboxylic acids is 4. The first-order valence-electron chi connectivity index (χ1n) is 26.0. The predicted octanol–water partition coefficient (Wildman–Crippen LogP) is 18.5. The van der Waals surface area contributed by atoms with Crippen LogP contribution in [0.5, 0.6) is 0 Å². The van der Waals surface area contributed by atoms with Gasteiger partial charge in [0, 0.05) is 158 Å². The summed E-state index contributed by atoms with van der Waals surface area (Å²) in [5.41, 5.74) is 8.92. The second-order valence-electron chi connectivity index (χ2n) is 17.7. The van der Waals surface area contributed by atoms with Crippen molar-refractivity contribution in [2.75, 3.05) is 38.9 Å². The van der Waals surface area contributed by atoms with Gasteiger partial charge in [-0.15, -0.1) is 0 Å². The molecule has 481 valence electrons. The molecule has 12 rings (SSSR count). The SMILES string of the molecule is Brc1ccc2cnccc2c1.C.C.C.CCOC(=O)C(=O)Cl.CNc1ccc2cncc(Br)c2c1.COC(=O)c1ccc2cncc(Br)c2c1.COC(=O)c1ccc2cnccc2c1.Nc1ccc2cncc(Br)c2c1.O=C(O)c1ccc2cncc(Br)c2c1.[B]=NS. The van der Waals surface area contributed by atoms with Gasteiger partial charge in [-0.2, -0.15) is 0 Å². The quantitative estimate of drug-likeness (QED) is 0.0229. The second kappa shape index (κ2) is 42.1. The molecule has 0 saturated heterocycles. The van der Waals surface area contributed by atoms with Crippen LogP contribution >= 0.6 is 104 Å². The number of halogens is 6. The number of anilines is 2. The Morgan fingerprint density at radius 1 is 0.516 bits per heavy atom. The summed E-state index contributed by atoms with van der Waals surface area (Å²) in [6, 6.07) is 37.6. The van der Waals surface area contributed by atoms with Gasteiger partial charge in [0.2, 0.25) is 0 Å². The number of rotatable bonds is 6. The molecule has 0 aliphatic heterocycles. The van der Waals surface area contributed by atoms with Gasteiger partial charge in [-0.25, -0.2) is 19.2 Å². The van der Waals surface area contributed by atoms with Gasteiger partial charge in [0.15, 0.2) is 0 Å². The Bertz CT molecular complexity index is 4490. The number of carboxylic acids is 1. The molecule has 12 aromatic rings. The van der Waals surface area contributed by atoms with Crippen molar-refractivity contribution in [3.8, 4) is 0 Å². The van der Waals surface area contributed by atoms with E-state index in [0.29, 0.717) is 11.1 Å². The molecule has 0 atom stereocenters. The summed E-state index contributed by atoms with van der Waals surface area (Å²) in [4.78, 5) is 77.3. The van der Waals surface area contributed by atoms with Gasteiger partial charge in [0.1, 0.15) is 0 Å². The number of nitrogen functional groups attached to an aromatic ring is 1. The van der Waals surface area contributed by atoms with E-state index in [1.165, 1.54) is 30.4 Å². The number of esters is 3. The first-order valence-corrected chi connectivity index (χ1v) is 30.7. The number of pyridine rings is 6. The molecular formula is C67H63BBr5ClN9O9S. The van der Waals surface area contributed by atoms with Crippen molar-refractivity contribution >= 4 is 217 Å². The third kappa shape index (κ3) is 25.3. The second-order valence-corrected chi connectivity index (χ2v) is 22.6. The number of carboxylic acid groups (broad SMARTS) is 1. The van der Waals surface area contributed by atoms with Crippen LogP contribution in [0.4, 0.5) is 11.4 Å². The Morgan fingerprint density at radius 3 is 1.30 bits per heavy atom. The van der Waals surface area contributed by atoms with E-state index in [2.05, 4.69) is 172 Å². The number of hydrogen-bond donors (Lipinski definition) is 4. The van der Waals surface area contributed by atoms with Crippen LogP contribution < -0.4 is 11.1 Å². The Morgan fingerprint density at radius 2 is 0.882 bits per heavy atom. The van der Waals surface area contributed by atoms with Crippen LogP contribution in [-0.2, 0) is 23.8 Å². The minimum atomic E-state index is -1.08. The number of thiol groups is 1. The maximum atomic E-state index is 11.3. The van der Waals surface area contributed by atoms with Gasteiger partial charge in [-0.1, -0.05) is 74.6 Å². The van der Waals surface area contributed by atoms with Gasteiger partial charge in [0.05, 0.1) is 37.5 Å². The van der Waals surface area contributed by atoms with E-state index in [1.807, 2.05) is 92.5 Å². The zero-order chi connectivity index (χ0) is 65.7. The molecule has 0 bridgehead atoms. The van der Waals surface area contributed by atoms with Crippen molar-refractivity contribution in [3.05, 3.63) is 235 Å². The molecule has 93 heavy (non-hydrogen) atoms. The maximum absolute atomic E-state index is 11.3. The van der Waals surface area contributed by atoms with Gasteiger partial charge >= 0.3 is 53.9 Å². The average Bonchev–Trinajstić information content (AvgIpc) is 2.28. The first-order chi connectivity index (χ1) is 43.2. The van der Waals surface area contributed by atoms with E-state index in [9.17, 15) is 24.0 Å². The van der Waals surface area contributed by atoms with Crippen LogP contribution in [0.2, 0.25) is 0 Å². The van der Waals surface area contributed by atoms with Crippen molar-refractivity contribution in [2.24, 2.45) is 4.30 Å². The molecular weight excluding hydrogens is 1550 g/mol. The van der Waals surface area contributed by atoms with E-state index in [-0.39, 0.29) is 46.4 Å². The number of fused-ring (bicyclic) bond motifs is 6. The predicted molar refractivity (Wildman–Crippen MR) is 397 cm³/mol. The first kappa shape index (κ1) is 80.9. The van der Waals surface area contributed by atoms with E-state index >= 15 is 0 Å². The normalized spacial score (nSPS) is 9.57. The number of carbonyl (C=O) groups is 5. The van der Waals surface area contributed by atoms with Crippen LogP contribution in [0, 0.1) is 0 Å². The Labute approximate surface area is 592 Å². The number of aromatic nitrogens is 6. The third-order valence-corrected chi connectivity index (χ3v) is 15.1. The monoisotopic (exact) mass is 1610 g/mol. The average molecular weight is 1620 g/mol. The minimum absolute atomic E-state index is 0. The number of nitrogens with two attached hydrogens (primary N) is 1. The summed E-state index contributed by atoms with van der Waals surface area (Å²) in [7, 11) is 8.99. The summed E-state index contributed by atoms with van der Waals surface area (Å²) in [5, 5.41) is 23.5. The molecule has 6 aromatic carbocycles. The van der Waals surface area contributed by atoms with Gasteiger partial charge in [-0.3, -0.25) is 34.7 Å². The van der Waals surface area contributed by atoms with E-state index in [0.717, 1.165) is 82.2 Å². The summed E-state index contributed by atoms with van der Waals surface area (Å²) >= 11 is 24.9. The Balaban J connectivity index is 0.000000367. The number of nitrogens with one attached hydrogen (secondary N) is 1. The topological polar surface area (TPSA) is 261 Å². The van der Waals surface area contributed by atoms with Crippen molar-refractivity contribution in [3.63, 3.8) is 0 Å². The summed E-state index contributed by atoms with van der Waals surface area (Å²) in [6.07, 6.45) is 21.2. The van der Waals surface area contributed by atoms with E-state index in [1.54, 1.807) is 99.0 Å². The Hall–Kier alpha value is -8.17. The zero-order valence-corrected chi connectivity index (χ0v) is 57.5. The van der Waals surface area contributed by atoms with E-state index in [4.69, 9.17) is 22.4 Å². The molecule has 0 spiro atoms. The summed E-state index contributed by atoms with van der Waals surface area (Å²) in [6.45, 7) is 1.77. The molecule has 0 unspecified atom stereocenters. The fourth-order valence-corrected chi connectivity index (χ4v) is 9.91. The Kier molecular flexibility index (Phi) is 36.7. The number of aromatic carboxylic acids is 1. The van der Waals surface area contributed by atoms with Crippen molar-refractivity contribution in [2.45, 2.75) is 29.2 Å². The van der Waals surface area contributed by atoms with Crippen LogP contribution in [-0.4, -0.2) is 99.6 Å². The van der Waals surface area contributed by atoms with Gasteiger partial charge in [0.25, 0.3) is 0 Å². The van der Waals surface area contributed by atoms with Crippen molar-refractivity contribution < 1.29 is 43.3 Å². The number of nitrogens with zero attached hydrogens (tertiary/aromatic N) is 7. The molecule has 0 aliphatic carbocycles. The number of benzene rings is 6. The van der Waals surface area contributed by atoms with Crippen molar-refractivity contribution in [1.82, 2.24) is 29.9 Å². The standard InChI is InChI=1S/C11H8BrNO2.C11H9NO2.C10H9BrN2.C10H6BrNO2.C9H7BrN2.C9H6BrN.C4H5ClO3.3CH4.BHNS/c1-15-11(14)7-2-3-8-5-13-6-10(12)9(8)4-7;1-14-11(13)9-2-3-10-7-12-5-4-8(10)6-9;1-12-8-3-2-7-5-13-6-10(11)9(7)4-8;11-9-5-12-4-7-2-1-6(10(13)14)3-8(7)9;10-9-5-12-4-6-1-2-7(11)3-8(6)9;10-9-2-1-8-6-11-4-3-7(8)5-9;1-2-8-4(7)3(5)6;;;;1-2-3/h2-6H,1H3;2-7H,1H3;2-6,12H,1H3;1-5H,(H,13,14);1-5H,11H2;1-6H;2H2,1H3;3*1H4;3H. The zero-order valence-electron chi connectivity index (χ0n) is 47.9. The molecule has 0 fully saturated rings. The number of hydrogen-bond acceptors (Lipinski definition) is 18. The molecule has 0 amide bonds. The summed E-state index contributed by atoms with van der Waals surface area (Å²) in [5.74, 6) is -2.56. The number of methoxy groups -OCH3 is 2. The molecule has 26 heteroatoms. The van der Waals surface area contributed by atoms with Crippen LogP contribution in [0.3, 0.4) is 0 Å². The van der Waals surface area contributed by atoms with Crippen LogP contribution in [0.1, 0.15) is 60.3 Å². The molecule has 0 saturated carbocycles. The van der Waals surface area contributed by atoms with Crippen LogP contribution in [0.25, 0.3) is 64.6 Å². The summed E-state index contributed by atoms with van der Waals surface area (Å²) < 4.78 is 20.9.